The summed E-state index contributed by atoms with van der Waals surface area (Å²) in [6.07, 6.45) is 0.882. The summed E-state index contributed by atoms with van der Waals surface area (Å²) in [5, 5.41) is 3.13. The van der Waals surface area contributed by atoms with Crippen molar-refractivity contribution in [2.45, 2.75) is 19.3 Å². The van der Waals surface area contributed by atoms with E-state index >= 15 is 0 Å². The Balaban J connectivity index is 2.35. The zero-order valence-corrected chi connectivity index (χ0v) is 11.8. The van der Waals surface area contributed by atoms with E-state index in [-0.39, 0.29) is 17.6 Å². The van der Waals surface area contributed by atoms with E-state index in [1.807, 2.05) is 19.2 Å². The fourth-order valence-corrected chi connectivity index (χ4v) is 2.39. The summed E-state index contributed by atoms with van der Waals surface area (Å²) >= 11 is 0. The number of aryl methyl sites for hydroxylation is 1. The second-order valence-electron chi connectivity index (χ2n) is 5.00. The van der Waals surface area contributed by atoms with E-state index in [2.05, 4.69) is 5.32 Å². The molecule has 1 nitrogen and oxygen atoms in total. The van der Waals surface area contributed by atoms with E-state index in [1.54, 1.807) is 19.1 Å². The molecule has 20 heavy (non-hydrogen) atoms. The average molecular weight is 275 g/mol. The lowest BCUT2D eigenvalue weighted by Gasteiger charge is -2.18. The van der Waals surface area contributed by atoms with Gasteiger partial charge in [0.2, 0.25) is 0 Å². The number of rotatable bonds is 5. The Labute approximate surface area is 118 Å². The highest BCUT2D eigenvalue weighted by molar-refractivity contribution is 5.35. The van der Waals surface area contributed by atoms with Gasteiger partial charge in [-0.2, -0.15) is 0 Å². The number of hydrogen-bond acceptors (Lipinski definition) is 1. The number of halogens is 2. The Morgan fingerprint density at radius 2 is 1.65 bits per heavy atom. The lowest BCUT2D eigenvalue weighted by molar-refractivity contribution is 0.612. The Morgan fingerprint density at radius 1 is 1.00 bits per heavy atom. The molecule has 106 valence electrons. The third kappa shape index (κ3) is 3.42. The van der Waals surface area contributed by atoms with Gasteiger partial charge in [0.25, 0.3) is 0 Å². The molecular weight excluding hydrogens is 256 g/mol. The lowest BCUT2D eigenvalue weighted by Crippen LogP contribution is -2.13. The van der Waals surface area contributed by atoms with Crippen molar-refractivity contribution >= 4 is 0 Å². The van der Waals surface area contributed by atoms with E-state index in [4.69, 9.17) is 0 Å². The molecule has 0 aromatic heterocycles. The maximum Gasteiger partial charge on any atom is 0.126 e. The predicted molar refractivity (Wildman–Crippen MR) is 77.9 cm³/mol. The molecule has 3 heteroatoms. The molecule has 1 atom stereocenters. The number of hydrogen-bond donors (Lipinski definition) is 1. The van der Waals surface area contributed by atoms with Crippen molar-refractivity contribution in [1.82, 2.24) is 5.32 Å². The predicted octanol–water partition coefficient (Wildman–Crippen LogP) is 4.01. The van der Waals surface area contributed by atoms with Crippen LogP contribution in [0.25, 0.3) is 0 Å². The summed E-state index contributed by atoms with van der Waals surface area (Å²) < 4.78 is 26.5. The van der Waals surface area contributed by atoms with Gasteiger partial charge >= 0.3 is 0 Å². The zero-order chi connectivity index (χ0) is 14.5. The lowest BCUT2D eigenvalue weighted by atomic mass is 9.87. The van der Waals surface area contributed by atoms with E-state index in [0.29, 0.717) is 5.56 Å². The van der Waals surface area contributed by atoms with Gasteiger partial charge in [-0.05, 0) is 61.8 Å². The highest BCUT2D eigenvalue weighted by Gasteiger charge is 2.15. The molecule has 0 saturated carbocycles. The first-order valence-electron chi connectivity index (χ1n) is 6.78. The summed E-state index contributed by atoms with van der Waals surface area (Å²) in [6, 6.07) is 11.7. The van der Waals surface area contributed by atoms with Gasteiger partial charge in [-0.15, -0.1) is 0 Å². The van der Waals surface area contributed by atoms with Crippen molar-refractivity contribution in [3.05, 3.63) is 70.8 Å². The quantitative estimate of drug-likeness (QED) is 0.869. The van der Waals surface area contributed by atoms with Crippen LogP contribution in [0.4, 0.5) is 8.78 Å². The van der Waals surface area contributed by atoms with Crippen LogP contribution in [0.15, 0.2) is 42.5 Å². The monoisotopic (exact) mass is 275 g/mol. The topological polar surface area (TPSA) is 12.0 Å². The molecule has 2 rings (SSSR count). The Bertz CT molecular complexity index is 564. The van der Waals surface area contributed by atoms with Crippen LogP contribution >= 0.6 is 0 Å². The number of benzene rings is 2. The summed E-state index contributed by atoms with van der Waals surface area (Å²) in [6.45, 7) is 2.61. The molecule has 2 aromatic rings. The fraction of sp³-hybridized carbons (Fsp3) is 0.294. The minimum atomic E-state index is -0.239. The third-order valence-corrected chi connectivity index (χ3v) is 3.54. The summed E-state index contributed by atoms with van der Waals surface area (Å²) in [5.74, 6) is -0.293. The molecule has 0 radical (unpaired) electrons. The standard InChI is InChI=1S/C17H19F2N/c1-12-11-14(5-8-17(12)19)16(9-10-20-2)13-3-6-15(18)7-4-13/h3-8,11,16,20H,9-10H2,1-2H3. The SMILES string of the molecule is CNCCC(c1ccc(F)cc1)c1ccc(F)c(C)c1. The van der Waals surface area contributed by atoms with Crippen molar-refractivity contribution in [2.75, 3.05) is 13.6 Å². The molecule has 0 bridgehead atoms. The first-order chi connectivity index (χ1) is 9.61. The largest absolute Gasteiger partial charge is 0.320 e. The van der Waals surface area contributed by atoms with E-state index in [1.165, 1.54) is 18.2 Å². The highest BCUT2D eigenvalue weighted by Crippen LogP contribution is 2.29. The van der Waals surface area contributed by atoms with Crippen molar-refractivity contribution < 1.29 is 8.78 Å². The molecule has 0 aliphatic carbocycles. The van der Waals surface area contributed by atoms with Crippen molar-refractivity contribution in [2.24, 2.45) is 0 Å². The molecule has 0 aliphatic rings. The zero-order valence-electron chi connectivity index (χ0n) is 11.8. The second-order valence-corrected chi connectivity index (χ2v) is 5.00. The summed E-state index contributed by atoms with van der Waals surface area (Å²) in [5.41, 5.74) is 2.75. The average Bonchev–Trinajstić information content (AvgIpc) is 2.45. The van der Waals surface area contributed by atoms with Gasteiger partial charge in [-0.1, -0.05) is 24.3 Å². The smallest absolute Gasteiger partial charge is 0.126 e. The fourth-order valence-electron chi connectivity index (χ4n) is 2.39. The first kappa shape index (κ1) is 14.7. The normalized spacial score (nSPS) is 12.4. The summed E-state index contributed by atoms with van der Waals surface area (Å²) in [7, 11) is 1.90. The molecular formula is C17H19F2N. The van der Waals surface area contributed by atoms with Crippen LogP contribution in [-0.4, -0.2) is 13.6 Å². The van der Waals surface area contributed by atoms with Crippen molar-refractivity contribution in [1.29, 1.82) is 0 Å². The van der Waals surface area contributed by atoms with Gasteiger partial charge in [0, 0.05) is 5.92 Å². The van der Waals surface area contributed by atoms with Crippen LogP contribution in [0, 0.1) is 18.6 Å². The Hall–Kier alpha value is -1.74. The first-order valence-corrected chi connectivity index (χ1v) is 6.78. The van der Waals surface area contributed by atoms with Gasteiger partial charge in [-0.3, -0.25) is 0 Å². The molecule has 0 amide bonds. The van der Waals surface area contributed by atoms with Crippen LogP contribution in [-0.2, 0) is 0 Å². The molecule has 1 unspecified atom stereocenters. The van der Waals surface area contributed by atoms with Crippen LogP contribution in [0.1, 0.15) is 29.0 Å². The maximum absolute atomic E-state index is 13.4. The molecule has 2 aromatic carbocycles. The minimum absolute atomic E-state index is 0.141. The van der Waals surface area contributed by atoms with Crippen LogP contribution in [0.5, 0.6) is 0 Å². The molecule has 0 spiro atoms. The Morgan fingerprint density at radius 3 is 2.25 bits per heavy atom. The van der Waals surface area contributed by atoms with Gasteiger partial charge in [0.15, 0.2) is 0 Å². The van der Waals surface area contributed by atoms with Gasteiger partial charge in [-0.25, -0.2) is 8.78 Å². The molecule has 0 fully saturated rings. The van der Waals surface area contributed by atoms with E-state index in [9.17, 15) is 8.78 Å². The second kappa shape index (κ2) is 6.62. The minimum Gasteiger partial charge on any atom is -0.320 e. The third-order valence-electron chi connectivity index (χ3n) is 3.54. The van der Waals surface area contributed by atoms with Crippen molar-refractivity contribution in [3.63, 3.8) is 0 Å². The van der Waals surface area contributed by atoms with E-state index in [0.717, 1.165) is 24.1 Å². The van der Waals surface area contributed by atoms with Crippen molar-refractivity contribution in [3.8, 4) is 0 Å². The molecule has 0 heterocycles. The molecule has 1 N–H and O–H groups in total. The van der Waals surface area contributed by atoms with Crippen LogP contribution in [0.2, 0.25) is 0 Å². The number of nitrogens with one attached hydrogen (secondary N) is 1. The van der Waals surface area contributed by atoms with Crippen LogP contribution < -0.4 is 5.32 Å². The highest BCUT2D eigenvalue weighted by atomic mass is 19.1. The van der Waals surface area contributed by atoms with Gasteiger partial charge < -0.3 is 5.32 Å². The van der Waals surface area contributed by atoms with Gasteiger partial charge in [0.05, 0.1) is 0 Å². The maximum atomic E-state index is 13.4. The van der Waals surface area contributed by atoms with Crippen LogP contribution in [0.3, 0.4) is 0 Å². The Kier molecular flexibility index (Phi) is 4.85. The summed E-state index contributed by atoms with van der Waals surface area (Å²) in [4.78, 5) is 0. The molecule has 0 aliphatic heterocycles. The van der Waals surface area contributed by atoms with E-state index < -0.39 is 0 Å². The van der Waals surface area contributed by atoms with Gasteiger partial charge in [0.1, 0.15) is 11.6 Å². The molecule has 0 saturated heterocycles.